The average molecular weight is 186 g/mol. The van der Waals surface area contributed by atoms with E-state index in [2.05, 4.69) is 25.0 Å². The van der Waals surface area contributed by atoms with Gasteiger partial charge in [0.15, 0.2) is 0 Å². The van der Waals surface area contributed by atoms with Crippen molar-refractivity contribution in [3.05, 3.63) is 6.33 Å². The quantitative estimate of drug-likeness (QED) is 0.608. The van der Waals surface area contributed by atoms with Crippen molar-refractivity contribution >= 4 is 6.16 Å². The highest BCUT2D eigenvalue weighted by atomic mass is 16.7. The van der Waals surface area contributed by atoms with E-state index in [1.54, 1.807) is 6.92 Å². The largest absolute Gasteiger partial charge is 0.508 e. The molecule has 0 aliphatic heterocycles. The molecule has 72 valence electrons. The Labute approximate surface area is 74.6 Å². The van der Waals surface area contributed by atoms with Gasteiger partial charge in [0.1, 0.15) is 12.9 Å². The summed E-state index contributed by atoms with van der Waals surface area (Å²) in [6, 6.07) is 0. The fourth-order valence-electron chi connectivity index (χ4n) is 0.665. The van der Waals surface area contributed by atoms with Crippen LogP contribution in [0.2, 0.25) is 0 Å². The third-order valence-electron chi connectivity index (χ3n) is 1.19. The molecular formula is C6H10N4O3. The Morgan fingerprint density at radius 2 is 2.38 bits per heavy atom. The van der Waals surface area contributed by atoms with Crippen LogP contribution in [0.5, 0.6) is 0 Å². The molecule has 0 aromatic carbocycles. The molecule has 0 bridgehead atoms. The van der Waals surface area contributed by atoms with E-state index < -0.39 is 6.16 Å². The highest BCUT2D eigenvalue weighted by Crippen LogP contribution is 1.86. The molecule has 7 nitrogen and oxygen atoms in total. The van der Waals surface area contributed by atoms with Crippen LogP contribution in [0, 0.1) is 0 Å². The van der Waals surface area contributed by atoms with Gasteiger partial charge in [-0.05, 0) is 17.4 Å². The molecule has 0 atom stereocenters. The minimum atomic E-state index is -0.671. The Balaban J connectivity index is 2.11. The lowest BCUT2D eigenvalue weighted by Crippen LogP contribution is -2.12. The first-order valence-corrected chi connectivity index (χ1v) is 3.83. The number of hydrogen-bond acceptors (Lipinski definition) is 6. The molecular weight excluding hydrogens is 176 g/mol. The van der Waals surface area contributed by atoms with E-state index >= 15 is 0 Å². The zero-order chi connectivity index (χ0) is 9.52. The van der Waals surface area contributed by atoms with Crippen molar-refractivity contribution in [2.24, 2.45) is 0 Å². The molecule has 0 radical (unpaired) electrons. The molecule has 0 fully saturated rings. The van der Waals surface area contributed by atoms with Gasteiger partial charge in [0.25, 0.3) is 0 Å². The van der Waals surface area contributed by atoms with Crippen LogP contribution in [0.3, 0.4) is 0 Å². The third-order valence-corrected chi connectivity index (χ3v) is 1.19. The lowest BCUT2D eigenvalue weighted by molar-refractivity contribution is 0.0559. The first kappa shape index (κ1) is 9.43. The van der Waals surface area contributed by atoms with Gasteiger partial charge in [0.2, 0.25) is 0 Å². The van der Waals surface area contributed by atoms with Crippen molar-refractivity contribution < 1.29 is 14.3 Å². The first-order chi connectivity index (χ1) is 6.33. The molecule has 0 saturated carbocycles. The molecule has 0 N–H and O–H groups in total. The molecule has 0 aliphatic rings. The van der Waals surface area contributed by atoms with Gasteiger partial charge < -0.3 is 9.47 Å². The van der Waals surface area contributed by atoms with Gasteiger partial charge in [-0.15, -0.1) is 5.10 Å². The first-order valence-electron chi connectivity index (χ1n) is 3.83. The lowest BCUT2D eigenvalue weighted by Gasteiger charge is -2.02. The Morgan fingerprint density at radius 3 is 3.00 bits per heavy atom. The smallest absolute Gasteiger partial charge is 0.435 e. The number of hydrogen-bond donors (Lipinski definition) is 0. The van der Waals surface area contributed by atoms with Gasteiger partial charge in [0.05, 0.1) is 13.2 Å². The second-order valence-corrected chi connectivity index (χ2v) is 2.10. The zero-order valence-corrected chi connectivity index (χ0v) is 7.21. The van der Waals surface area contributed by atoms with E-state index in [0.717, 1.165) is 0 Å². The second kappa shape index (κ2) is 5.07. The highest BCUT2D eigenvalue weighted by Gasteiger charge is 2.01. The SMILES string of the molecule is CCOC(=O)OCCn1cnnn1. The van der Waals surface area contributed by atoms with E-state index in [1.165, 1.54) is 11.0 Å². The molecule has 0 spiro atoms. The number of nitrogens with zero attached hydrogens (tertiary/aromatic N) is 4. The fourth-order valence-corrected chi connectivity index (χ4v) is 0.665. The summed E-state index contributed by atoms with van der Waals surface area (Å²) in [5.41, 5.74) is 0. The van der Waals surface area contributed by atoms with E-state index in [9.17, 15) is 4.79 Å². The minimum absolute atomic E-state index is 0.198. The molecule has 1 rings (SSSR count). The third kappa shape index (κ3) is 3.50. The van der Waals surface area contributed by atoms with Crippen LogP contribution in [-0.2, 0) is 16.0 Å². The van der Waals surface area contributed by atoms with Crippen LogP contribution >= 0.6 is 0 Å². The molecule has 7 heteroatoms. The summed E-state index contributed by atoms with van der Waals surface area (Å²) in [5.74, 6) is 0. The van der Waals surface area contributed by atoms with Gasteiger partial charge in [-0.1, -0.05) is 0 Å². The van der Waals surface area contributed by atoms with E-state index in [0.29, 0.717) is 13.2 Å². The van der Waals surface area contributed by atoms with Crippen LogP contribution in [0.15, 0.2) is 6.33 Å². The number of aromatic nitrogens is 4. The van der Waals surface area contributed by atoms with Gasteiger partial charge >= 0.3 is 6.16 Å². The fraction of sp³-hybridized carbons (Fsp3) is 0.667. The number of carbonyl (C=O) groups is 1. The van der Waals surface area contributed by atoms with Crippen molar-refractivity contribution in [2.75, 3.05) is 13.2 Å². The number of tetrazole rings is 1. The maximum atomic E-state index is 10.7. The minimum Gasteiger partial charge on any atom is -0.435 e. The normalized spacial score (nSPS) is 9.62. The Hall–Kier alpha value is -1.66. The standard InChI is InChI=1S/C6H10N4O3/c1-2-12-6(11)13-4-3-10-5-7-8-9-10/h5H,2-4H2,1H3. The highest BCUT2D eigenvalue weighted by molar-refractivity contribution is 5.59. The molecule has 1 aromatic rings. The van der Waals surface area contributed by atoms with Gasteiger partial charge in [-0.3, -0.25) is 0 Å². The van der Waals surface area contributed by atoms with Gasteiger partial charge in [-0.2, -0.15) is 0 Å². The van der Waals surface area contributed by atoms with Crippen molar-refractivity contribution in [2.45, 2.75) is 13.5 Å². The lowest BCUT2D eigenvalue weighted by atomic mass is 10.7. The Kier molecular flexibility index (Phi) is 3.68. The summed E-state index contributed by atoms with van der Waals surface area (Å²) in [6.07, 6.45) is 0.768. The van der Waals surface area contributed by atoms with Crippen LogP contribution < -0.4 is 0 Å². The Morgan fingerprint density at radius 1 is 1.54 bits per heavy atom. The van der Waals surface area contributed by atoms with Gasteiger partial charge in [0, 0.05) is 0 Å². The summed E-state index contributed by atoms with van der Waals surface area (Å²) in [7, 11) is 0. The summed E-state index contributed by atoms with van der Waals surface area (Å²) < 4.78 is 10.7. The van der Waals surface area contributed by atoms with Crippen molar-refractivity contribution in [1.29, 1.82) is 0 Å². The molecule has 1 heterocycles. The summed E-state index contributed by atoms with van der Waals surface area (Å²) in [6.45, 7) is 2.64. The molecule has 0 amide bonds. The second-order valence-electron chi connectivity index (χ2n) is 2.10. The van der Waals surface area contributed by atoms with Crippen LogP contribution in [0.4, 0.5) is 4.79 Å². The molecule has 13 heavy (non-hydrogen) atoms. The summed E-state index contributed by atoms with van der Waals surface area (Å²) in [5, 5.41) is 10.4. The number of carbonyl (C=O) groups excluding carboxylic acids is 1. The topological polar surface area (TPSA) is 79.1 Å². The molecule has 1 aromatic heterocycles. The van der Waals surface area contributed by atoms with Crippen molar-refractivity contribution in [3.8, 4) is 0 Å². The van der Waals surface area contributed by atoms with Crippen molar-refractivity contribution in [3.63, 3.8) is 0 Å². The van der Waals surface area contributed by atoms with Crippen LogP contribution in [0.1, 0.15) is 6.92 Å². The maximum absolute atomic E-state index is 10.7. The predicted molar refractivity (Wildman–Crippen MR) is 40.8 cm³/mol. The average Bonchev–Trinajstić information content (AvgIpc) is 2.57. The summed E-state index contributed by atoms with van der Waals surface area (Å²) in [4.78, 5) is 10.7. The van der Waals surface area contributed by atoms with Crippen molar-refractivity contribution in [1.82, 2.24) is 20.2 Å². The Bertz CT molecular complexity index is 248. The molecule has 0 unspecified atom stereocenters. The van der Waals surface area contributed by atoms with E-state index in [1.807, 2.05) is 0 Å². The monoisotopic (exact) mass is 186 g/mol. The zero-order valence-electron chi connectivity index (χ0n) is 7.21. The molecule has 0 aliphatic carbocycles. The van der Waals surface area contributed by atoms with Crippen LogP contribution in [-0.4, -0.2) is 39.6 Å². The molecule has 0 saturated heterocycles. The van der Waals surface area contributed by atoms with Crippen LogP contribution in [0.25, 0.3) is 0 Å². The number of ether oxygens (including phenoxy) is 2. The van der Waals surface area contributed by atoms with E-state index in [4.69, 9.17) is 0 Å². The van der Waals surface area contributed by atoms with Gasteiger partial charge in [-0.25, -0.2) is 9.48 Å². The van der Waals surface area contributed by atoms with E-state index in [-0.39, 0.29) is 6.61 Å². The maximum Gasteiger partial charge on any atom is 0.508 e. The predicted octanol–water partition coefficient (Wildman–Crippen LogP) is -0.154. The number of rotatable bonds is 4. The summed E-state index contributed by atoms with van der Waals surface area (Å²) >= 11 is 0.